The van der Waals surface area contributed by atoms with Gasteiger partial charge >= 0.3 is 0 Å². The SMILES string of the molecule is Cc1ccccc1OCCNCc1ccc(F)cc1. The summed E-state index contributed by atoms with van der Waals surface area (Å²) in [6, 6.07) is 14.5. The summed E-state index contributed by atoms with van der Waals surface area (Å²) in [5, 5.41) is 3.26. The van der Waals surface area contributed by atoms with Crippen molar-refractivity contribution in [3.8, 4) is 5.75 Å². The molecule has 2 aromatic rings. The molecule has 0 aromatic heterocycles. The molecule has 0 saturated heterocycles. The van der Waals surface area contributed by atoms with Crippen molar-refractivity contribution in [1.29, 1.82) is 0 Å². The van der Waals surface area contributed by atoms with Crippen LogP contribution < -0.4 is 10.1 Å². The zero-order valence-electron chi connectivity index (χ0n) is 11.0. The predicted octanol–water partition coefficient (Wildman–Crippen LogP) is 3.30. The third-order valence-corrected chi connectivity index (χ3v) is 2.87. The molecule has 100 valence electrons. The summed E-state index contributed by atoms with van der Waals surface area (Å²) in [7, 11) is 0. The van der Waals surface area contributed by atoms with E-state index >= 15 is 0 Å². The molecule has 0 aliphatic rings. The molecule has 2 nitrogen and oxygen atoms in total. The quantitative estimate of drug-likeness (QED) is 0.804. The van der Waals surface area contributed by atoms with Gasteiger partial charge in [0.1, 0.15) is 18.2 Å². The van der Waals surface area contributed by atoms with Gasteiger partial charge < -0.3 is 10.1 Å². The standard InChI is InChI=1S/C16H18FNO/c1-13-4-2-3-5-16(13)19-11-10-18-12-14-6-8-15(17)9-7-14/h2-9,18H,10-12H2,1H3. The van der Waals surface area contributed by atoms with Gasteiger partial charge in [-0.3, -0.25) is 0 Å². The number of para-hydroxylation sites is 1. The Balaban J connectivity index is 1.67. The lowest BCUT2D eigenvalue weighted by molar-refractivity contribution is 0.311. The Labute approximate surface area is 113 Å². The van der Waals surface area contributed by atoms with Gasteiger partial charge in [-0.1, -0.05) is 30.3 Å². The first-order valence-corrected chi connectivity index (χ1v) is 6.39. The smallest absolute Gasteiger partial charge is 0.123 e. The lowest BCUT2D eigenvalue weighted by Crippen LogP contribution is -2.20. The van der Waals surface area contributed by atoms with Crippen LogP contribution in [-0.4, -0.2) is 13.2 Å². The predicted molar refractivity (Wildman–Crippen MR) is 74.8 cm³/mol. The average molecular weight is 259 g/mol. The highest BCUT2D eigenvalue weighted by atomic mass is 19.1. The summed E-state index contributed by atoms with van der Waals surface area (Å²) in [6.07, 6.45) is 0. The minimum Gasteiger partial charge on any atom is -0.492 e. The van der Waals surface area contributed by atoms with Crippen molar-refractivity contribution >= 4 is 0 Å². The Kier molecular flexibility index (Phi) is 4.93. The number of ether oxygens (including phenoxy) is 1. The molecule has 0 unspecified atom stereocenters. The largest absolute Gasteiger partial charge is 0.492 e. The third-order valence-electron chi connectivity index (χ3n) is 2.87. The van der Waals surface area contributed by atoms with Gasteiger partial charge in [0.15, 0.2) is 0 Å². The lowest BCUT2D eigenvalue weighted by Gasteiger charge is -2.09. The molecule has 0 spiro atoms. The second-order valence-corrected chi connectivity index (χ2v) is 4.42. The molecule has 0 bridgehead atoms. The van der Waals surface area contributed by atoms with Gasteiger partial charge in [-0.25, -0.2) is 4.39 Å². The first-order chi connectivity index (χ1) is 9.25. The molecule has 0 radical (unpaired) electrons. The van der Waals surface area contributed by atoms with E-state index < -0.39 is 0 Å². The zero-order chi connectivity index (χ0) is 13.5. The van der Waals surface area contributed by atoms with Gasteiger partial charge in [-0.2, -0.15) is 0 Å². The molecule has 0 aliphatic heterocycles. The summed E-state index contributed by atoms with van der Waals surface area (Å²) in [5.41, 5.74) is 2.21. The van der Waals surface area contributed by atoms with E-state index in [1.54, 1.807) is 12.1 Å². The maximum atomic E-state index is 12.7. The fraction of sp³-hybridized carbons (Fsp3) is 0.250. The number of benzene rings is 2. The van der Waals surface area contributed by atoms with Crippen LogP contribution in [0.3, 0.4) is 0 Å². The number of nitrogens with one attached hydrogen (secondary N) is 1. The molecule has 3 heteroatoms. The van der Waals surface area contributed by atoms with E-state index in [4.69, 9.17) is 4.74 Å². The van der Waals surface area contributed by atoms with Crippen molar-refractivity contribution in [3.05, 3.63) is 65.5 Å². The van der Waals surface area contributed by atoms with Crippen LogP contribution in [0, 0.1) is 12.7 Å². The molecule has 2 rings (SSSR count). The van der Waals surface area contributed by atoms with E-state index in [9.17, 15) is 4.39 Å². The summed E-state index contributed by atoms with van der Waals surface area (Å²) in [5.74, 6) is 0.720. The van der Waals surface area contributed by atoms with Crippen LogP contribution in [0.4, 0.5) is 4.39 Å². The summed E-state index contributed by atoms with van der Waals surface area (Å²) in [4.78, 5) is 0. The highest BCUT2D eigenvalue weighted by molar-refractivity contribution is 5.31. The van der Waals surface area contributed by atoms with Crippen LogP contribution in [0.25, 0.3) is 0 Å². The fourth-order valence-corrected chi connectivity index (χ4v) is 1.79. The minimum atomic E-state index is -0.202. The molecule has 0 fully saturated rings. The number of hydrogen-bond donors (Lipinski definition) is 1. The molecule has 2 aromatic carbocycles. The molecule has 0 aliphatic carbocycles. The summed E-state index contributed by atoms with van der Waals surface area (Å²) < 4.78 is 18.4. The van der Waals surface area contributed by atoms with Gasteiger partial charge in [-0.15, -0.1) is 0 Å². The molecular weight excluding hydrogens is 241 g/mol. The van der Waals surface area contributed by atoms with Gasteiger partial charge in [0.25, 0.3) is 0 Å². The van der Waals surface area contributed by atoms with Crippen LogP contribution in [-0.2, 0) is 6.54 Å². The van der Waals surface area contributed by atoms with Crippen LogP contribution in [0.5, 0.6) is 5.75 Å². The van der Waals surface area contributed by atoms with Crippen LogP contribution in [0.15, 0.2) is 48.5 Å². The topological polar surface area (TPSA) is 21.3 Å². The number of hydrogen-bond acceptors (Lipinski definition) is 2. The number of halogens is 1. The van der Waals surface area contributed by atoms with Gasteiger partial charge in [0.05, 0.1) is 0 Å². The normalized spacial score (nSPS) is 10.4. The second kappa shape index (κ2) is 6.90. The highest BCUT2D eigenvalue weighted by Crippen LogP contribution is 2.15. The van der Waals surface area contributed by atoms with Gasteiger partial charge in [-0.05, 0) is 36.2 Å². The molecule has 1 N–H and O–H groups in total. The molecule has 0 heterocycles. The monoisotopic (exact) mass is 259 g/mol. The maximum absolute atomic E-state index is 12.7. The average Bonchev–Trinajstić information content (AvgIpc) is 2.42. The Morgan fingerprint density at radius 2 is 1.79 bits per heavy atom. The van der Waals surface area contributed by atoms with Crippen molar-refractivity contribution in [1.82, 2.24) is 5.32 Å². The number of rotatable bonds is 6. The lowest BCUT2D eigenvalue weighted by atomic mass is 10.2. The first-order valence-electron chi connectivity index (χ1n) is 6.39. The van der Waals surface area contributed by atoms with E-state index in [-0.39, 0.29) is 5.82 Å². The Morgan fingerprint density at radius 3 is 2.53 bits per heavy atom. The second-order valence-electron chi connectivity index (χ2n) is 4.42. The summed E-state index contributed by atoms with van der Waals surface area (Å²) in [6.45, 7) is 4.12. The van der Waals surface area contributed by atoms with Crippen LogP contribution in [0.1, 0.15) is 11.1 Å². The Bertz CT molecular complexity index is 510. The van der Waals surface area contributed by atoms with Gasteiger partial charge in [0.2, 0.25) is 0 Å². The Hall–Kier alpha value is -1.87. The van der Waals surface area contributed by atoms with E-state index in [0.717, 1.165) is 30.0 Å². The molecule has 19 heavy (non-hydrogen) atoms. The van der Waals surface area contributed by atoms with Crippen molar-refractivity contribution in [3.63, 3.8) is 0 Å². The van der Waals surface area contributed by atoms with E-state index in [2.05, 4.69) is 5.32 Å². The third kappa shape index (κ3) is 4.38. The molecule has 0 atom stereocenters. The zero-order valence-corrected chi connectivity index (χ0v) is 11.0. The fourth-order valence-electron chi connectivity index (χ4n) is 1.79. The van der Waals surface area contributed by atoms with Crippen molar-refractivity contribution in [2.24, 2.45) is 0 Å². The molecule has 0 saturated carbocycles. The Morgan fingerprint density at radius 1 is 1.05 bits per heavy atom. The molecule has 0 amide bonds. The van der Waals surface area contributed by atoms with Crippen molar-refractivity contribution in [2.45, 2.75) is 13.5 Å². The highest BCUT2D eigenvalue weighted by Gasteiger charge is 1.97. The summed E-state index contributed by atoms with van der Waals surface area (Å²) >= 11 is 0. The van der Waals surface area contributed by atoms with E-state index in [1.807, 2.05) is 31.2 Å². The number of aryl methyl sites for hydroxylation is 1. The van der Waals surface area contributed by atoms with E-state index in [1.165, 1.54) is 12.1 Å². The molecular formula is C16H18FNO. The van der Waals surface area contributed by atoms with E-state index in [0.29, 0.717) is 6.61 Å². The van der Waals surface area contributed by atoms with Gasteiger partial charge in [0, 0.05) is 13.1 Å². The van der Waals surface area contributed by atoms with Crippen molar-refractivity contribution in [2.75, 3.05) is 13.2 Å². The maximum Gasteiger partial charge on any atom is 0.123 e. The minimum absolute atomic E-state index is 0.202. The van der Waals surface area contributed by atoms with Crippen LogP contribution in [0.2, 0.25) is 0 Å². The first kappa shape index (κ1) is 13.6. The van der Waals surface area contributed by atoms with Crippen molar-refractivity contribution < 1.29 is 9.13 Å². The van der Waals surface area contributed by atoms with Crippen LogP contribution >= 0.6 is 0 Å².